The molecule has 0 saturated heterocycles. The zero-order valence-corrected chi connectivity index (χ0v) is 8.37. The third-order valence-corrected chi connectivity index (χ3v) is 3.97. The Labute approximate surface area is 84.8 Å². The van der Waals surface area contributed by atoms with Crippen LogP contribution in [0.3, 0.4) is 0 Å². The summed E-state index contributed by atoms with van der Waals surface area (Å²) >= 11 is 0. The lowest BCUT2D eigenvalue weighted by Crippen LogP contribution is -2.15. The van der Waals surface area contributed by atoms with Crippen LogP contribution in [0.4, 0.5) is 0 Å². The molecule has 2 aliphatic carbocycles. The lowest BCUT2D eigenvalue weighted by molar-refractivity contribution is 0.419. The van der Waals surface area contributed by atoms with Gasteiger partial charge in [0.05, 0.1) is 0 Å². The van der Waals surface area contributed by atoms with E-state index in [1.165, 1.54) is 43.2 Å². The minimum absolute atomic E-state index is 0.431. The largest absolute Gasteiger partial charge is 0.508 e. The molecule has 1 heteroatoms. The van der Waals surface area contributed by atoms with Gasteiger partial charge in [-0.1, -0.05) is 12.5 Å². The number of hydrogen-bond donors (Lipinski definition) is 1. The average molecular weight is 188 g/mol. The molecular formula is C13H16O. The highest BCUT2D eigenvalue weighted by Crippen LogP contribution is 2.47. The zero-order valence-electron chi connectivity index (χ0n) is 8.37. The summed E-state index contributed by atoms with van der Waals surface area (Å²) in [6.07, 6.45) is 6.69. The number of aryl methyl sites for hydroxylation is 1. The predicted molar refractivity (Wildman–Crippen MR) is 56.5 cm³/mol. The fourth-order valence-corrected chi connectivity index (χ4v) is 3.30. The van der Waals surface area contributed by atoms with Gasteiger partial charge in [-0.2, -0.15) is 0 Å². The molecule has 0 aliphatic heterocycles. The summed E-state index contributed by atoms with van der Waals surface area (Å²) in [7, 11) is 0. The van der Waals surface area contributed by atoms with E-state index in [1.54, 1.807) is 0 Å². The van der Waals surface area contributed by atoms with E-state index in [0.717, 1.165) is 11.8 Å². The molecular weight excluding hydrogens is 172 g/mol. The van der Waals surface area contributed by atoms with Gasteiger partial charge < -0.3 is 5.11 Å². The first-order valence-corrected chi connectivity index (χ1v) is 5.66. The molecule has 74 valence electrons. The van der Waals surface area contributed by atoms with Crippen molar-refractivity contribution in [3.63, 3.8) is 0 Å². The van der Waals surface area contributed by atoms with E-state index in [2.05, 4.69) is 6.07 Å². The van der Waals surface area contributed by atoms with Crippen LogP contribution in [-0.2, 0) is 6.42 Å². The van der Waals surface area contributed by atoms with E-state index >= 15 is 0 Å². The zero-order chi connectivity index (χ0) is 9.54. The van der Waals surface area contributed by atoms with Crippen molar-refractivity contribution in [3.05, 3.63) is 29.3 Å². The molecule has 1 aromatic carbocycles. The third-order valence-electron chi connectivity index (χ3n) is 3.97. The number of hydrogen-bond acceptors (Lipinski definition) is 1. The Morgan fingerprint density at radius 2 is 2.07 bits per heavy atom. The first-order chi connectivity index (χ1) is 6.84. The van der Waals surface area contributed by atoms with Crippen molar-refractivity contribution in [3.8, 4) is 5.75 Å². The molecule has 2 atom stereocenters. The summed E-state index contributed by atoms with van der Waals surface area (Å²) in [6, 6.07) is 5.95. The van der Waals surface area contributed by atoms with Crippen molar-refractivity contribution in [2.45, 2.75) is 38.0 Å². The second-order valence-electron chi connectivity index (χ2n) is 4.72. The lowest BCUT2D eigenvalue weighted by atomic mass is 9.77. The van der Waals surface area contributed by atoms with Crippen molar-refractivity contribution >= 4 is 0 Å². The summed E-state index contributed by atoms with van der Waals surface area (Å²) in [6.45, 7) is 0. The molecule has 1 aromatic rings. The average Bonchev–Trinajstić information content (AvgIpc) is 2.65. The Bertz CT molecular complexity index is 356. The van der Waals surface area contributed by atoms with Gasteiger partial charge in [-0.15, -0.1) is 0 Å². The second-order valence-corrected chi connectivity index (χ2v) is 4.72. The van der Waals surface area contributed by atoms with Gasteiger partial charge in [0.25, 0.3) is 0 Å². The summed E-state index contributed by atoms with van der Waals surface area (Å²) < 4.78 is 0. The van der Waals surface area contributed by atoms with Crippen LogP contribution in [0.5, 0.6) is 5.75 Å². The number of benzene rings is 1. The Balaban J connectivity index is 2.05. The van der Waals surface area contributed by atoms with Crippen LogP contribution < -0.4 is 0 Å². The van der Waals surface area contributed by atoms with Crippen LogP contribution in [0.1, 0.15) is 42.7 Å². The van der Waals surface area contributed by atoms with Crippen LogP contribution in [-0.4, -0.2) is 5.11 Å². The van der Waals surface area contributed by atoms with E-state index < -0.39 is 0 Å². The maximum Gasteiger partial charge on any atom is 0.115 e. The van der Waals surface area contributed by atoms with Gasteiger partial charge in [-0.25, -0.2) is 0 Å². The van der Waals surface area contributed by atoms with Crippen LogP contribution >= 0.6 is 0 Å². The summed E-state index contributed by atoms with van der Waals surface area (Å²) in [4.78, 5) is 0. The SMILES string of the molecule is Oc1ccc2c(c1)CC[C@@H]1CCC[C@@H]21. The van der Waals surface area contributed by atoms with Crippen molar-refractivity contribution in [1.82, 2.24) is 0 Å². The second kappa shape index (κ2) is 3.01. The van der Waals surface area contributed by atoms with Gasteiger partial charge in [0, 0.05) is 0 Å². The summed E-state index contributed by atoms with van der Waals surface area (Å²) in [5, 5.41) is 9.43. The lowest BCUT2D eigenvalue weighted by Gasteiger charge is -2.28. The van der Waals surface area contributed by atoms with E-state index in [4.69, 9.17) is 0 Å². The summed E-state index contributed by atoms with van der Waals surface area (Å²) in [5.74, 6) is 2.17. The molecule has 0 spiro atoms. The summed E-state index contributed by atoms with van der Waals surface area (Å²) in [5.41, 5.74) is 2.92. The van der Waals surface area contributed by atoms with E-state index in [1.807, 2.05) is 12.1 Å². The molecule has 0 amide bonds. The quantitative estimate of drug-likeness (QED) is 0.662. The van der Waals surface area contributed by atoms with Gasteiger partial charge in [-0.3, -0.25) is 0 Å². The van der Waals surface area contributed by atoms with Crippen molar-refractivity contribution in [2.75, 3.05) is 0 Å². The van der Waals surface area contributed by atoms with E-state index in [-0.39, 0.29) is 0 Å². The molecule has 14 heavy (non-hydrogen) atoms. The van der Waals surface area contributed by atoms with Crippen molar-refractivity contribution in [2.24, 2.45) is 5.92 Å². The number of aromatic hydroxyl groups is 1. The van der Waals surface area contributed by atoms with Crippen LogP contribution in [0.2, 0.25) is 0 Å². The molecule has 0 unspecified atom stereocenters. The normalized spacial score (nSPS) is 29.7. The first kappa shape index (κ1) is 8.34. The molecule has 2 aliphatic rings. The highest BCUT2D eigenvalue weighted by Gasteiger charge is 2.32. The van der Waals surface area contributed by atoms with E-state index in [9.17, 15) is 5.11 Å². The highest BCUT2D eigenvalue weighted by molar-refractivity contribution is 5.39. The fourth-order valence-electron chi connectivity index (χ4n) is 3.30. The van der Waals surface area contributed by atoms with Crippen molar-refractivity contribution < 1.29 is 5.11 Å². The number of fused-ring (bicyclic) bond motifs is 3. The van der Waals surface area contributed by atoms with Gasteiger partial charge in [0.2, 0.25) is 0 Å². The standard InChI is InChI=1S/C13H16O/c14-11-6-7-13-10(8-11)5-4-9-2-1-3-12(9)13/h6-9,12,14H,1-5H2/t9-,12+/m0/s1. The molecule has 0 radical (unpaired) electrons. The highest BCUT2D eigenvalue weighted by atomic mass is 16.3. The predicted octanol–water partition coefficient (Wildman–Crippen LogP) is 3.22. The van der Waals surface area contributed by atoms with Crippen LogP contribution in [0, 0.1) is 5.92 Å². The Hall–Kier alpha value is -0.980. The van der Waals surface area contributed by atoms with Gasteiger partial charge in [0.1, 0.15) is 5.75 Å². The monoisotopic (exact) mass is 188 g/mol. The van der Waals surface area contributed by atoms with Gasteiger partial charge in [0.15, 0.2) is 0 Å². The molecule has 3 rings (SSSR count). The Morgan fingerprint density at radius 3 is 3.00 bits per heavy atom. The minimum atomic E-state index is 0.431. The molecule has 0 bridgehead atoms. The Morgan fingerprint density at radius 1 is 1.14 bits per heavy atom. The number of phenolic OH excluding ortho intramolecular Hbond substituents is 1. The third kappa shape index (κ3) is 1.15. The van der Waals surface area contributed by atoms with Crippen LogP contribution in [0.15, 0.2) is 18.2 Å². The van der Waals surface area contributed by atoms with E-state index in [0.29, 0.717) is 5.75 Å². The molecule has 0 heterocycles. The molecule has 1 saturated carbocycles. The fraction of sp³-hybridized carbons (Fsp3) is 0.538. The van der Waals surface area contributed by atoms with Gasteiger partial charge in [-0.05, 0) is 60.8 Å². The number of phenols is 1. The minimum Gasteiger partial charge on any atom is -0.508 e. The number of rotatable bonds is 0. The topological polar surface area (TPSA) is 20.2 Å². The molecule has 1 fully saturated rings. The van der Waals surface area contributed by atoms with Crippen LogP contribution in [0.25, 0.3) is 0 Å². The maximum absolute atomic E-state index is 9.43. The maximum atomic E-state index is 9.43. The van der Waals surface area contributed by atoms with Gasteiger partial charge >= 0.3 is 0 Å². The van der Waals surface area contributed by atoms with Crippen molar-refractivity contribution in [1.29, 1.82) is 0 Å². The first-order valence-electron chi connectivity index (χ1n) is 5.66. The smallest absolute Gasteiger partial charge is 0.115 e. The Kier molecular flexibility index (Phi) is 1.79. The molecule has 0 aromatic heterocycles. The molecule has 1 N–H and O–H groups in total. The molecule has 1 nitrogen and oxygen atoms in total.